The molecule has 0 aliphatic heterocycles. The third-order valence-electron chi connectivity index (χ3n) is 2.28. The number of benzene rings is 1. The molecule has 2 aromatic rings. The molecule has 0 fully saturated rings. The number of halogens is 1. The number of ether oxygens (including phenoxy) is 1. The zero-order valence-electron chi connectivity index (χ0n) is 9.54. The van der Waals surface area contributed by atoms with E-state index in [0.29, 0.717) is 22.9 Å². The lowest BCUT2D eigenvalue weighted by atomic mass is 10.2. The van der Waals surface area contributed by atoms with Crippen molar-refractivity contribution in [3.63, 3.8) is 0 Å². The molecule has 0 spiro atoms. The van der Waals surface area contributed by atoms with E-state index in [2.05, 4.69) is 9.97 Å². The first kappa shape index (κ1) is 12.5. The van der Waals surface area contributed by atoms with Crippen LogP contribution in [0.1, 0.15) is 16.8 Å². The Bertz CT molecular complexity index is 532. The molecule has 0 saturated heterocycles. The van der Waals surface area contributed by atoms with Crippen molar-refractivity contribution >= 4 is 17.4 Å². The van der Waals surface area contributed by atoms with Crippen LogP contribution < -0.4 is 4.74 Å². The van der Waals surface area contributed by atoms with Gasteiger partial charge in [-0.15, -0.1) is 0 Å². The van der Waals surface area contributed by atoms with Crippen molar-refractivity contribution in [2.75, 3.05) is 6.61 Å². The summed E-state index contributed by atoms with van der Waals surface area (Å²) in [6.07, 6.45) is 4.66. The van der Waals surface area contributed by atoms with Crippen LogP contribution in [0.4, 0.5) is 0 Å². The summed E-state index contributed by atoms with van der Waals surface area (Å²) in [7, 11) is 0. The number of Topliss-reactive ketones (excluding diaryl/α,β-unsaturated/α-hetero) is 1. The van der Waals surface area contributed by atoms with Gasteiger partial charge in [0.25, 0.3) is 0 Å². The fourth-order valence-electron chi connectivity index (χ4n) is 1.41. The number of aromatic nitrogens is 2. The highest BCUT2D eigenvalue weighted by molar-refractivity contribution is 6.30. The predicted octanol–water partition coefficient (Wildman–Crippen LogP) is 2.78. The van der Waals surface area contributed by atoms with Crippen molar-refractivity contribution in [3.8, 4) is 5.75 Å². The van der Waals surface area contributed by atoms with E-state index >= 15 is 0 Å². The molecule has 0 unspecified atom stereocenters. The summed E-state index contributed by atoms with van der Waals surface area (Å²) in [5, 5.41) is 0.607. The number of nitrogens with zero attached hydrogens (tertiary/aromatic N) is 2. The summed E-state index contributed by atoms with van der Waals surface area (Å²) in [5.41, 5.74) is 0.493. The Morgan fingerprint density at radius 2 is 2.06 bits per heavy atom. The fraction of sp³-hybridized carbons (Fsp3) is 0.154. The second kappa shape index (κ2) is 6.12. The first-order valence-electron chi connectivity index (χ1n) is 5.42. The molecule has 0 atom stereocenters. The van der Waals surface area contributed by atoms with Crippen LogP contribution in [0.2, 0.25) is 5.02 Å². The van der Waals surface area contributed by atoms with E-state index in [1.807, 2.05) is 0 Å². The highest BCUT2D eigenvalue weighted by atomic mass is 35.5. The maximum atomic E-state index is 11.7. The van der Waals surface area contributed by atoms with Gasteiger partial charge in [0.15, 0.2) is 5.78 Å². The average Bonchev–Trinajstić information content (AvgIpc) is 2.40. The van der Waals surface area contributed by atoms with Crippen LogP contribution >= 0.6 is 11.6 Å². The zero-order chi connectivity index (χ0) is 12.8. The summed E-state index contributed by atoms with van der Waals surface area (Å²) in [5.74, 6) is 0.609. The van der Waals surface area contributed by atoms with Crippen molar-refractivity contribution in [1.29, 1.82) is 0 Å². The Balaban J connectivity index is 1.84. The molecule has 4 nitrogen and oxygen atoms in total. The van der Waals surface area contributed by atoms with Crippen LogP contribution in [0.3, 0.4) is 0 Å². The van der Waals surface area contributed by atoms with E-state index in [1.165, 1.54) is 18.7 Å². The van der Waals surface area contributed by atoms with E-state index < -0.39 is 0 Å². The SMILES string of the molecule is O=C(CCOc1cccc(Cl)c1)c1cncnc1. The van der Waals surface area contributed by atoms with Crippen LogP contribution in [-0.4, -0.2) is 22.4 Å². The fourth-order valence-corrected chi connectivity index (χ4v) is 1.59. The largest absolute Gasteiger partial charge is 0.493 e. The molecular formula is C13H11ClN2O2. The lowest BCUT2D eigenvalue weighted by Crippen LogP contribution is -2.07. The van der Waals surface area contributed by atoms with E-state index in [0.717, 1.165) is 0 Å². The van der Waals surface area contributed by atoms with Gasteiger partial charge in [-0.05, 0) is 18.2 Å². The molecule has 2 rings (SSSR count). The topological polar surface area (TPSA) is 52.1 Å². The van der Waals surface area contributed by atoms with Gasteiger partial charge in [-0.3, -0.25) is 4.79 Å². The molecule has 1 aromatic heterocycles. The summed E-state index contributed by atoms with van der Waals surface area (Å²) in [4.78, 5) is 19.3. The molecule has 18 heavy (non-hydrogen) atoms. The van der Waals surface area contributed by atoms with Gasteiger partial charge in [0.2, 0.25) is 0 Å². The van der Waals surface area contributed by atoms with Crippen molar-refractivity contribution in [3.05, 3.63) is 53.6 Å². The lowest BCUT2D eigenvalue weighted by molar-refractivity contribution is 0.0961. The first-order chi connectivity index (χ1) is 8.75. The third kappa shape index (κ3) is 3.53. The predicted molar refractivity (Wildman–Crippen MR) is 67.9 cm³/mol. The molecule has 1 aromatic carbocycles. The maximum absolute atomic E-state index is 11.7. The molecule has 0 aliphatic rings. The normalized spacial score (nSPS) is 10.1. The Morgan fingerprint density at radius 3 is 2.78 bits per heavy atom. The molecule has 0 saturated carbocycles. The molecule has 0 N–H and O–H groups in total. The van der Waals surface area contributed by atoms with Gasteiger partial charge in [0.1, 0.15) is 12.1 Å². The Morgan fingerprint density at radius 1 is 1.28 bits per heavy atom. The van der Waals surface area contributed by atoms with Gasteiger partial charge in [0, 0.05) is 23.8 Å². The van der Waals surface area contributed by atoms with Crippen LogP contribution in [0.15, 0.2) is 43.0 Å². The summed E-state index contributed by atoms with van der Waals surface area (Å²) in [6, 6.07) is 7.06. The van der Waals surface area contributed by atoms with E-state index in [-0.39, 0.29) is 12.2 Å². The smallest absolute Gasteiger partial charge is 0.169 e. The third-order valence-corrected chi connectivity index (χ3v) is 2.51. The molecule has 0 amide bonds. The average molecular weight is 263 g/mol. The minimum Gasteiger partial charge on any atom is -0.493 e. The summed E-state index contributed by atoms with van der Waals surface area (Å²) in [6.45, 7) is 0.300. The lowest BCUT2D eigenvalue weighted by Gasteiger charge is -2.05. The molecule has 92 valence electrons. The summed E-state index contributed by atoms with van der Waals surface area (Å²) < 4.78 is 5.43. The van der Waals surface area contributed by atoms with Gasteiger partial charge >= 0.3 is 0 Å². The van der Waals surface area contributed by atoms with Gasteiger partial charge in [-0.25, -0.2) is 9.97 Å². The minimum absolute atomic E-state index is 0.0439. The number of rotatable bonds is 5. The standard InChI is InChI=1S/C13H11ClN2O2/c14-11-2-1-3-12(6-11)18-5-4-13(17)10-7-15-9-16-8-10/h1-3,6-9H,4-5H2. The number of ketones is 1. The monoisotopic (exact) mass is 262 g/mol. The quantitative estimate of drug-likeness (QED) is 0.778. The second-order valence-electron chi connectivity index (χ2n) is 3.61. The number of carbonyl (C=O) groups excluding carboxylic acids is 1. The van der Waals surface area contributed by atoms with Crippen molar-refractivity contribution < 1.29 is 9.53 Å². The molecule has 0 radical (unpaired) electrons. The molecule has 1 heterocycles. The van der Waals surface area contributed by atoms with E-state index in [1.54, 1.807) is 24.3 Å². The molecular weight excluding hydrogens is 252 g/mol. The van der Waals surface area contributed by atoms with Gasteiger partial charge in [-0.1, -0.05) is 17.7 Å². The molecule has 0 aliphatic carbocycles. The van der Waals surface area contributed by atoms with Crippen LogP contribution in [0.25, 0.3) is 0 Å². The Kier molecular flexibility index (Phi) is 4.25. The highest BCUT2D eigenvalue weighted by Crippen LogP contribution is 2.17. The number of carbonyl (C=O) groups is 1. The van der Waals surface area contributed by atoms with Gasteiger partial charge in [-0.2, -0.15) is 0 Å². The minimum atomic E-state index is -0.0439. The number of hydrogen-bond acceptors (Lipinski definition) is 4. The van der Waals surface area contributed by atoms with Gasteiger partial charge < -0.3 is 4.74 Å². The van der Waals surface area contributed by atoms with Crippen molar-refractivity contribution in [2.45, 2.75) is 6.42 Å². The Labute approximate surface area is 110 Å². The molecule has 0 bridgehead atoms. The van der Waals surface area contributed by atoms with Crippen molar-refractivity contribution in [2.24, 2.45) is 0 Å². The maximum Gasteiger partial charge on any atom is 0.169 e. The Hall–Kier alpha value is -1.94. The highest BCUT2D eigenvalue weighted by Gasteiger charge is 2.06. The van der Waals surface area contributed by atoms with Crippen molar-refractivity contribution in [1.82, 2.24) is 9.97 Å². The van der Waals surface area contributed by atoms with E-state index in [4.69, 9.17) is 16.3 Å². The number of hydrogen-bond donors (Lipinski definition) is 0. The van der Waals surface area contributed by atoms with Crippen LogP contribution in [0.5, 0.6) is 5.75 Å². The molecule has 5 heteroatoms. The van der Waals surface area contributed by atoms with Crippen LogP contribution in [0, 0.1) is 0 Å². The van der Waals surface area contributed by atoms with Gasteiger partial charge in [0.05, 0.1) is 12.2 Å². The summed E-state index contributed by atoms with van der Waals surface area (Å²) >= 11 is 5.82. The van der Waals surface area contributed by atoms with Crippen LogP contribution in [-0.2, 0) is 0 Å². The first-order valence-corrected chi connectivity index (χ1v) is 5.80. The zero-order valence-corrected chi connectivity index (χ0v) is 10.3. The van der Waals surface area contributed by atoms with E-state index in [9.17, 15) is 4.79 Å². The second-order valence-corrected chi connectivity index (χ2v) is 4.04.